The molecule has 1 saturated heterocycles. The van der Waals surface area contributed by atoms with Gasteiger partial charge in [-0.1, -0.05) is 25.1 Å². The summed E-state index contributed by atoms with van der Waals surface area (Å²) in [7, 11) is 0. The van der Waals surface area contributed by atoms with Gasteiger partial charge in [0.1, 0.15) is 5.75 Å². The maximum atomic E-state index is 11.8. The van der Waals surface area contributed by atoms with Crippen molar-refractivity contribution >= 4 is 11.8 Å². The summed E-state index contributed by atoms with van der Waals surface area (Å²) in [6, 6.07) is 9.27. The molecule has 1 aromatic rings. The van der Waals surface area contributed by atoms with Crippen molar-refractivity contribution in [3.63, 3.8) is 0 Å². The Morgan fingerprint density at radius 1 is 1.27 bits per heavy atom. The van der Waals surface area contributed by atoms with Gasteiger partial charge in [-0.05, 0) is 37.6 Å². The Hall–Kier alpha value is -2.08. The third-order valence-corrected chi connectivity index (χ3v) is 3.69. The first-order valence-electron chi connectivity index (χ1n) is 7.60. The lowest BCUT2D eigenvalue weighted by Gasteiger charge is -2.30. The highest BCUT2D eigenvalue weighted by molar-refractivity contribution is 5.85. The van der Waals surface area contributed by atoms with Gasteiger partial charge in [-0.2, -0.15) is 0 Å². The van der Waals surface area contributed by atoms with Gasteiger partial charge < -0.3 is 20.7 Å². The fraction of sp³-hybridized carbons (Fsp3) is 0.500. The molecule has 2 unspecified atom stereocenters. The summed E-state index contributed by atoms with van der Waals surface area (Å²) in [6.45, 7) is 3.80. The zero-order valence-electron chi connectivity index (χ0n) is 12.8. The summed E-state index contributed by atoms with van der Waals surface area (Å²) in [4.78, 5) is 23.5. The number of hydrogen-bond donors (Lipinski definition) is 3. The molecular weight excluding hydrogens is 282 g/mol. The predicted octanol–water partition coefficient (Wildman–Crippen LogP) is 0.296. The monoisotopic (exact) mass is 305 g/mol. The molecule has 1 aliphatic rings. The average Bonchev–Trinajstić information content (AvgIpc) is 2.54. The van der Waals surface area contributed by atoms with Crippen LogP contribution in [0.1, 0.15) is 13.3 Å². The van der Waals surface area contributed by atoms with E-state index in [2.05, 4.69) is 22.9 Å². The van der Waals surface area contributed by atoms with E-state index in [1.807, 2.05) is 18.2 Å². The average molecular weight is 305 g/mol. The van der Waals surface area contributed by atoms with Crippen LogP contribution in [0.5, 0.6) is 5.75 Å². The van der Waals surface area contributed by atoms with Gasteiger partial charge in [0.2, 0.25) is 5.91 Å². The molecule has 2 amide bonds. The largest absolute Gasteiger partial charge is 0.484 e. The van der Waals surface area contributed by atoms with Crippen LogP contribution in [0.2, 0.25) is 0 Å². The summed E-state index contributed by atoms with van der Waals surface area (Å²) >= 11 is 0. The van der Waals surface area contributed by atoms with Crippen LogP contribution < -0.4 is 20.7 Å². The van der Waals surface area contributed by atoms with Crippen molar-refractivity contribution < 1.29 is 14.3 Å². The number of ether oxygens (including phenoxy) is 1. The second-order valence-corrected chi connectivity index (χ2v) is 5.52. The summed E-state index contributed by atoms with van der Waals surface area (Å²) < 4.78 is 5.32. The molecular formula is C16H23N3O3. The second kappa shape index (κ2) is 8.38. The van der Waals surface area contributed by atoms with Gasteiger partial charge in [0.15, 0.2) is 6.61 Å². The minimum Gasteiger partial charge on any atom is -0.484 e. The minimum atomic E-state index is -0.308. The molecule has 0 spiro atoms. The summed E-state index contributed by atoms with van der Waals surface area (Å²) in [6.07, 6.45) is 0.915. The smallest absolute Gasteiger partial charge is 0.258 e. The molecule has 1 aliphatic heterocycles. The lowest BCUT2D eigenvalue weighted by Crippen LogP contribution is -2.50. The first-order chi connectivity index (χ1) is 10.6. The molecule has 1 aromatic carbocycles. The maximum Gasteiger partial charge on any atom is 0.258 e. The zero-order valence-corrected chi connectivity index (χ0v) is 12.8. The Balaban J connectivity index is 1.64. The molecule has 22 heavy (non-hydrogen) atoms. The quantitative estimate of drug-likeness (QED) is 0.706. The Labute approximate surface area is 130 Å². The van der Waals surface area contributed by atoms with Crippen molar-refractivity contribution in [2.75, 3.05) is 26.2 Å². The van der Waals surface area contributed by atoms with Gasteiger partial charge in [-0.3, -0.25) is 9.59 Å². The lowest BCUT2D eigenvalue weighted by molar-refractivity contribution is -0.127. The number of benzene rings is 1. The predicted molar refractivity (Wildman–Crippen MR) is 83.5 cm³/mol. The normalized spacial score (nSPS) is 21.0. The van der Waals surface area contributed by atoms with E-state index in [1.54, 1.807) is 12.1 Å². The molecule has 6 nitrogen and oxygen atoms in total. The van der Waals surface area contributed by atoms with Crippen LogP contribution in [0, 0.1) is 5.92 Å². The van der Waals surface area contributed by atoms with Crippen LogP contribution in [0.25, 0.3) is 0 Å². The van der Waals surface area contributed by atoms with E-state index in [-0.39, 0.29) is 31.0 Å². The highest BCUT2D eigenvalue weighted by Crippen LogP contribution is 2.10. The fourth-order valence-corrected chi connectivity index (χ4v) is 2.38. The van der Waals surface area contributed by atoms with Gasteiger partial charge >= 0.3 is 0 Å². The van der Waals surface area contributed by atoms with Crippen LogP contribution in [0.3, 0.4) is 0 Å². The van der Waals surface area contributed by atoms with Crippen LogP contribution in [-0.4, -0.2) is 44.1 Å². The number of nitrogens with one attached hydrogen (secondary N) is 3. The third-order valence-electron chi connectivity index (χ3n) is 3.69. The molecule has 3 N–H and O–H groups in total. The van der Waals surface area contributed by atoms with Gasteiger partial charge in [0.05, 0.1) is 6.54 Å². The molecule has 0 aromatic heterocycles. The molecule has 0 aliphatic carbocycles. The van der Waals surface area contributed by atoms with E-state index in [0.717, 1.165) is 19.5 Å². The highest BCUT2D eigenvalue weighted by Gasteiger charge is 2.22. The van der Waals surface area contributed by atoms with E-state index in [0.29, 0.717) is 11.7 Å². The first-order valence-corrected chi connectivity index (χ1v) is 7.60. The Bertz CT molecular complexity index is 493. The van der Waals surface area contributed by atoms with Crippen molar-refractivity contribution in [1.29, 1.82) is 0 Å². The SMILES string of the molecule is CC1CNCCC1NC(=O)CNC(=O)COc1ccccc1. The van der Waals surface area contributed by atoms with Crippen molar-refractivity contribution in [3.8, 4) is 5.75 Å². The molecule has 2 rings (SSSR count). The number of piperidine rings is 1. The number of amides is 2. The van der Waals surface area contributed by atoms with Crippen LogP contribution >= 0.6 is 0 Å². The first kappa shape index (κ1) is 16.3. The minimum absolute atomic E-state index is 0.0202. The van der Waals surface area contributed by atoms with E-state index < -0.39 is 0 Å². The third kappa shape index (κ3) is 5.37. The van der Waals surface area contributed by atoms with Crippen LogP contribution in [-0.2, 0) is 9.59 Å². The van der Waals surface area contributed by atoms with Crippen molar-refractivity contribution in [2.24, 2.45) is 5.92 Å². The zero-order chi connectivity index (χ0) is 15.8. The Morgan fingerprint density at radius 2 is 2.05 bits per heavy atom. The Morgan fingerprint density at radius 3 is 2.77 bits per heavy atom. The van der Waals surface area contributed by atoms with Crippen molar-refractivity contribution in [1.82, 2.24) is 16.0 Å². The van der Waals surface area contributed by atoms with Crippen LogP contribution in [0.4, 0.5) is 0 Å². The highest BCUT2D eigenvalue weighted by atomic mass is 16.5. The van der Waals surface area contributed by atoms with Gasteiger partial charge in [-0.15, -0.1) is 0 Å². The standard InChI is InChI=1S/C16H23N3O3/c1-12-9-17-8-7-14(12)19-15(20)10-18-16(21)11-22-13-5-3-2-4-6-13/h2-6,12,14,17H,7-11H2,1H3,(H,18,21)(H,19,20). The summed E-state index contributed by atoms with van der Waals surface area (Å²) in [5.41, 5.74) is 0. The molecule has 1 fully saturated rings. The van der Waals surface area contributed by atoms with Gasteiger partial charge in [0.25, 0.3) is 5.91 Å². The van der Waals surface area contributed by atoms with E-state index in [9.17, 15) is 9.59 Å². The Kier molecular flexibility index (Phi) is 6.21. The maximum absolute atomic E-state index is 11.8. The number of rotatable bonds is 6. The number of carbonyl (C=O) groups is 2. The molecule has 0 bridgehead atoms. The number of carbonyl (C=O) groups excluding carboxylic acids is 2. The number of para-hydroxylation sites is 1. The number of hydrogen-bond acceptors (Lipinski definition) is 4. The van der Waals surface area contributed by atoms with E-state index in [1.165, 1.54) is 0 Å². The van der Waals surface area contributed by atoms with Crippen LogP contribution in [0.15, 0.2) is 30.3 Å². The molecule has 0 saturated carbocycles. The topological polar surface area (TPSA) is 79.5 Å². The summed E-state index contributed by atoms with van der Waals surface area (Å²) in [5.74, 6) is 0.560. The van der Waals surface area contributed by atoms with E-state index in [4.69, 9.17) is 4.74 Å². The fourth-order valence-electron chi connectivity index (χ4n) is 2.38. The van der Waals surface area contributed by atoms with Gasteiger partial charge in [-0.25, -0.2) is 0 Å². The molecule has 0 radical (unpaired) electrons. The molecule has 6 heteroatoms. The molecule has 120 valence electrons. The molecule has 2 atom stereocenters. The van der Waals surface area contributed by atoms with Crippen molar-refractivity contribution in [2.45, 2.75) is 19.4 Å². The molecule has 1 heterocycles. The lowest BCUT2D eigenvalue weighted by atomic mass is 9.95. The van der Waals surface area contributed by atoms with Crippen molar-refractivity contribution in [3.05, 3.63) is 30.3 Å². The second-order valence-electron chi connectivity index (χ2n) is 5.52. The summed E-state index contributed by atoms with van der Waals surface area (Å²) in [5, 5.41) is 8.81. The van der Waals surface area contributed by atoms with Gasteiger partial charge in [0, 0.05) is 6.04 Å². The van der Waals surface area contributed by atoms with E-state index >= 15 is 0 Å².